The summed E-state index contributed by atoms with van der Waals surface area (Å²) < 4.78 is 1.67. The van der Waals surface area contributed by atoms with Crippen LogP contribution >= 0.6 is 11.8 Å². The van der Waals surface area contributed by atoms with E-state index in [1.165, 1.54) is 17.3 Å². The van der Waals surface area contributed by atoms with Gasteiger partial charge in [0.1, 0.15) is 0 Å². The molecule has 1 heterocycles. The highest BCUT2D eigenvalue weighted by Crippen LogP contribution is 2.20. The van der Waals surface area contributed by atoms with Crippen molar-refractivity contribution in [3.8, 4) is 0 Å². The molecule has 1 aromatic heterocycles. The van der Waals surface area contributed by atoms with Crippen LogP contribution in [0, 0.1) is 6.92 Å². The van der Waals surface area contributed by atoms with Crippen molar-refractivity contribution in [2.75, 3.05) is 12.8 Å². The highest BCUT2D eigenvalue weighted by molar-refractivity contribution is 7.99. The van der Waals surface area contributed by atoms with Crippen molar-refractivity contribution in [3.63, 3.8) is 0 Å². The third kappa shape index (κ3) is 5.08. The summed E-state index contributed by atoms with van der Waals surface area (Å²) in [5.74, 6) is 0.199. The Balaban J connectivity index is 1.58. The number of thioether (sulfide) groups is 1. The first-order chi connectivity index (χ1) is 15.5. The van der Waals surface area contributed by atoms with Crippen LogP contribution in [0.5, 0.6) is 0 Å². The molecule has 0 bridgehead atoms. The fourth-order valence-corrected chi connectivity index (χ4v) is 4.39. The minimum atomic E-state index is -0.0937. The van der Waals surface area contributed by atoms with E-state index in [1.807, 2.05) is 79.7 Å². The monoisotopic (exact) mass is 443 g/mol. The van der Waals surface area contributed by atoms with E-state index in [2.05, 4.69) is 0 Å². The highest BCUT2D eigenvalue weighted by atomic mass is 32.2. The molecule has 4 rings (SSSR count). The van der Waals surface area contributed by atoms with Gasteiger partial charge in [-0.2, -0.15) is 0 Å². The molecule has 32 heavy (non-hydrogen) atoms. The van der Waals surface area contributed by atoms with Crippen LogP contribution in [0.15, 0.2) is 88.8 Å². The Morgan fingerprint density at radius 2 is 1.62 bits per heavy atom. The summed E-state index contributed by atoms with van der Waals surface area (Å²) in [6, 6.07) is 25.3. The van der Waals surface area contributed by atoms with Gasteiger partial charge in [0.15, 0.2) is 5.16 Å². The van der Waals surface area contributed by atoms with E-state index in [-0.39, 0.29) is 17.2 Å². The van der Waals surface area contributed by atoms with E-state index in [9.17, 15) is 9.59 Å². The number of benzene rings is 3. The predicted molar refractivity (Wildman–Crippen MR) is 130 cm³/mol. The lowest BCUT2D eigenvalue weighted by atomic mass is 10.1. The third-order valence-corrected chi connectivity index (χ3v) is 6.26. The number of carbonyl (C=O) groups is 1. The van der Waals surface area contributed by atoms with Crippen LogP contribution in [-0.4, -0.2) is 33.2 Å². The van der Waals surface area contributed by atoms with Crippen molar-refractivity contribution in [3.05, 3.63) is 106 Å². The zero-order valence-corrected chi connectivity index (χ0v) is 19.0. The number of carbonyl (C=O) groups excluding carboxylic acids is 1. The van der Waals surface area contributed by atoms with Gasteiger partial charge in [0.2, 0.25) is 5.91 Å². The largest absolute Gasteiger partial charge is 0.341 e. The second-order valence-electron chi connectivity index (χ2n) is 7.81. The molecule has 0 saturated carbocycles. The van der Waals surface area contributed by atoms with Crippen LogP contribution < -0.4 is 5.56 Å². The number of hydrogen-bond acceptors (Lipinski definition) is 4. The summed E-state index contributed by atoms with van der Waals surface area (Å²) in [4.78, 5) is 32.4. The molecule has 0 aliphatic heterocycles. The first kappa shape index (κ1) is 21.8. The molecule has 162 valence electrons. The quantitative estimate of drug-likeness (QED) is 0.312. The van der Waals surface area contributed by atoms with Gasteiger partial charge in [-0.05, 0) is 30.2 Å². The third-order valence-electron chi connectivity index (χ3n) is 5.30. The summed E-state index contributed by atoms with van der Waals surface area (Å²) in [6.07, 6.45) is 0. The van der Waals surface area contributed by atoms with Gasteiger partial charge in [-0.1, -0.05) is 84.1 Å². The number of rotatable bonds is 7. The average Bonchev–Trinajstić information content (AvgIpc) is 2.81. The molecular formula is C26H25N3O2S. The standard InChI is InChI=1S/C26H25N3O2S/c1-19-12-14-21(15-13-19)17-29-25(31)22-10-6-7-11-23(22)27-26(29)32-18-24(30)28(2)16-20-8-4-3-5-9-20/h3-15H,16-18H2,1-2H3. The van der Waals surface area contributed by atoms with E-state index in [0.29, 0.717) is 29.1 Å². The maximum Gasteiger partial charge on any atom is 0.262 e. The summed E-state index contributed by atoms with van der Waals surface area (Å²) in [5, 5.41) is 1.13. The van der Waals surface area contributed by atoms with Crippen molar-refractivity contribution in [2.45, 2.75) is 25.2 Å². The first-order valence-corrected chi connectivity index (χ1v) is 11.5. The summed E-state index contributed by atoms with van der Waals surface area (Å²) >= 11 is 1.31. The summed E-state index contributed by atoms with van der Waals surface area (Å²) in [7, 11) is 1.79. The minimum Gasteiger partial charge on any atom is -0.341 e. The first-order valence-electron chi connectivity index (χ1n) is 10.5. The van der Waals surface area contributed by atoms with Crippen molar-refractivity contribution < 1.29 is 4.79 Å². The van der Waals surface area contributed by atoms with Gasteiger partial charge in [0.25, 0.3) is 5.56 Å². The Bertz CT molecular complexity index is 1280. The number of nitrogens with zero attached hydrogens (tertiary/aromatic N) is 3. The van der Waals surface area contributed by atoms with Crippen LogP contribution in [0.2, 0.25) is 0 Å². The Morgan fingerprint density at radius 1 is 0.938 bits per heavy atom. The van der Waals surface area contributed by atoms with E-state index in [1.54, 1.807) is 22.6 Å². The Labute approximate surface area is 191 Å². The molecule has 5 nitrogen and oxygen atoms in total. The number of fused-ring (bicyclic) bond motifs is 1. The molecule has 0 N–H and O–H groups in total. The molecule has 0 spiro atoms. The lowest BCUT2D eigenvalue weighted by Gasteiger charge is -2.18. The van der Waals surface area contributed by atoms with Crippen LogP contribution in [-0.2, 0) is 17.9 Å². The lowest BCUT2D eigenvalue weighted by Crippen LogP contribution is -2.29. The molecular weight excluding hydrogens is 418 g/mol. The Kier molecular flexibility index (Phi) is 6.71. The normalized spacial score (nSPS) is 10.9. The maximum atomic E-state index is 13.3. The Morgan fingerprint density at radius 3 is 2.38 bits per heavy atom. The van der Waals surface area contributed by atoms with Gasteiger partial charge in [-0.15, -0.1) is 0 Å². The van der Waals surface area contributed by atoms with Gasteiger partial charge >= 0.3 is 0 Å². The minimum absolute atomic E-state index is 0.0110. The highest BCUT2D eigenvalue weighted by Gasteiger charge is 2.16. The van der Waals surface area contributed by atoms with Crippen LogP contribution in [0.1, 0.15) is 16.7 Å². The van der Waals surface area contributed by atoms with Gasteiger partial charge in [-0.25, -0.2) is 4.98 Å². The number of para-hydroxylation sites is 1. The molecule has 0 aliphatic carbocycles. The number of aromatic nitrogens is 2. The number of aryl methyl sites for hydroxylation is 1. The smallest absolute Gasteiger partial charge is 0.262 e. The molecule has 0 fully saturated rings. The Hall–Kier alpha value is -3.38. The van der Waals surface area contributed by atoms with Gasteiger partial charge < -0.3 is 4.90 Å². The number of hydrogen-bond donors (Lipinski definition) is 0. The average molecular weight is 444 g/mol. The number of amides is 1. The van der Waals surface area contributed by atoms with Crippen LogP contribution in [0.25, 0.3) is 10.9 Å². The topological polar surface area (TPSA) is 55.2 Å². The SMILES string of the molecule is Cc1ccc(Cn2c(SCC(=O)N(C)Cc3ccccc3)nc3ccccc3c2=O)cc1. The molecule has 4 aromatic rings. The molecule has 3 aromatic carbocycles. The second-order valence-corrected chi connectivity index (χ2v) is 8.75. The van der Waals surface area contributed by atoms with E-state index in [4.69, 9.17) is 4.98 Å². The molecule has 0 atom stereocenters. The summed E-state index contributed by atoms with van der Waals surface area (Å²) in [6.45, 7) is 2.99. The molecule has 0 saturated heterocycles. The van der Waals surface area contributed by atoms with E-state index < -0.39 is 0 Å². The fraction of sp³-hybridized carbons (Fsp3) is 0.192. The fourth-order valence-electron chi connectivity index (χ4n) is 3.46. The lowest BCUT2D eigenvalue weighted by molar-refractivity contribution is -0.127. The van der Waals surface area contributed by atoms with Crippen molar-refractivity contribution in [2.24, 2.45) is 0 Å². The van der Waals surface area contributed by atoms with Crippen molar-refractivity contribution in [1.29, 1.82) is 0 Å². The van der Waals surface area contributed by atoms with E-state index >= 15 is 0 Å². The second kappa shape index (κ2) is 9.83. The zero-order valence-electron chi connectivity index (χ0n) is 18.2. The molecule has 1 amide bonds. The van der Waals surface area contributed by atoms with Gasteiger partial charge in [-0.3, -0.25) is 14.2 Å². The molecule has 6 heteroatoms. The van der Waals surface area contributed by atoms with Crippen LogP contribution in [0.4, 0.5) is 0 Å². The molecule has 0 unspecified atom stereocenters. The van der Waals surface area contributed by atoms with Crippen LogP contribution in [0.3, 0.4) is 0 Å². The summed E-state index contributed by atoms with van der Waals surface area (Å²) in [5.41, 5.74) is 3.81. The van der Waals surface area contributed by atoms with E-state index in [0.717, 1.165) is 11.1 Å². The zero-order chi connectivity index (χ0) is 22.5. The predicted octanol–water partition coefficient (Wildman–Crippen LogP) is 4.50. The van der Waals surface area contributed by atoms with Gasteiger partial charge in [0.05, 0.1) is 23.2 Å². The maximum absolute atomic E-state index is 13.3. The van der Waals surface area contributed by atoms with Crippen molar-refractivity contribution in [1.82, 2.24) is 14.5 Å². The molecule has 0 radical (unpaired) electrons. The molecule has 0 aliphatic rings. The van der Waals surface area contributed by atoms with Gasteiger partial charge in [0, 0.05) is 13.6 Å². The van der Waals surface area contributed by atoms with Crippen molar-refractivity contribution >= 4 is 28.6 Å².